The molecule has 1 aliphatic heterocycles. The first-order valence-corrected chi connectivity index (χ1v) is 5.46. The largest absolute Gasteiger partial charge is 0.368 e. The van der Waals surface area contributed by atoms with Crippen LogP contribution in [0.2, 0.25) is 0 Å². The van der Waals surface area contributed by atoms with Crippen molar-refractivity contribution in [1.29, 1.82) is 0 Å². The number of ether oxygens (including phenoxy) is 1. The molecule has 3 nitrogen and oxygen atoms in total. The maximum Gasteiger partial charge on any atom is 0.155 e. The number of hydrogen-bond acceptors (Lipinski definition) is 3. The zero-order chi connectivity index (χ0) is 10.3. The van der Waals surface area contributed by atoms with Crippen LogP contribution in [0.4, 0.5) is 0 Å². The molecule has 2 rings (SSSR count). The monoisotopic (exact) mass is 214 g/mol. The molecular formula is C12H22O3. The molecule has 0 aromatic rings. The molecule has 1 saturated carbocycles. The highest BCUT2D eigenvalue weighted by atomic mass is 16.6. The van der Waals surface area contributed by atoms with Crippen molar-refractivity contribution in [2.45, 2.75) is 52.9 Å². The third kappa shape index (κ3) is 2.23. The Morgan fingerprint density at radius 3 is 2.40 bits per heavy atom. The molecule has 0 bridgehead atoms. The molecule has 88 valence electrons. The van der Waals surface area contributed by atoms with Gasteiger partial charge in [-0.05, 0) is 18.3 Å². The first kappa shape index (κ1) is 12.7. The van der Waals surface area contributed by atoms with Crippen LogP contribution in [-0.4, -0.2) is 23.3 Å². The number of ketones is 1. The summed E-state index contributed by atoms with van der Waals surface area (Å²) < 4.78 is 5.43. The van der Waals surface area contributed by atoms with Gasteiger partial charge in [-0.3, -0.25) is 4.79 Å². The lowest BCUT2D eigenvalue weighted by Crippen LogP contribution is -2.32. The van der Waals surface area contributed by atoms with Gasteiger partial charge in [0.2, 0.25) is 0 Å². The van der Waals surface area contributed by atoms with Gasteiger partial charge in [0.1, 0.15) is 5.78 Å². The van der Waals surface area contributed by atoms with E-state index >= 15 is 0 Å². The van der Waals surface area contributed by atoms with Gasteiger partial charge in [-0.1, -0.05) is 21.3 Å². The molecule has 2 fully saturated rings. The van der Waals surface area contributed by atoms with E-state index in [1.54, 1.807) is 0 Å². The topological polar surface area (TPSA) is 46.5 Å². The summed E-state index contributed by atoms with van der Waals surface area (Å²) in [6.45, 7) is 4.16. The molecule has 1 N–H and O–H groups in total. The van der Waals surface area contributed by atoms with Crippen LogP contribution < -0.4 is 0 Å². The quantitative estimate of drug-likeness (QED) is 0.726. The molecule has 1 saturated heterocycles. The van der Waals surface area contributed by atoms with Crippen LogP contribution in [0.3, 0.4) is 0 Å². The molecular weight excluding hydrogens is 192 g/mol. The number of Topliss-reactive ketones (excluding diaryl/α,β-unsaturated/α-hetero) is 1. The smallest absolute Gasteiger partial charge is 0.155 e. The SMILES string of the molecule is C.CC1CCC(=O)[C@@H]1C1OC(O)C[C@H]1C. The highest BCUT2D eigenvalue weighted by Crippen LogP contribution is 2.39. The Kier molecular flexibility index (Phi) is 3.90. The molecule has 3 unspecified atom stereocenters. The van der Waals surface area contributed by atoms with Crippen LogP contribution in [0.15, 0.2) is 0 Å². The van der Waals surface area contributed by atoms with Crippen molar-refractivity contribution in [3.05, 3.63) is 0 Å². The minimum absolute atomic E-state index is 0. The molecule has 0 aromatic heterocycles. The Hall–Kier alpha value is -0.410. The van der Waals surface area contributed by atoms with Gasteiger partial charge in [-0.2, -0.15) is 0 Å². The molecule has 1 heterocycles. The Morgan fingerprint density at radius 1 is 1.33 bits per heavy atom. The van der Waals surface area contributed by atoms with Crippen molar-refractivity contribution in [3.8, 4) is 0 Å². The number of aliphatic hydroxyl groups is 1. The van der Waals surface area contributed by atoms with E-state index in [1.165, 1.54) is 0 Å². The van der Waals surface area contributed by atoms with Crippen LogP contribution in [0.5, 0.6) is 0 Å². The van der Waals surface area contributed by atoms with Crippen molar-refractivity contribution in [2.75, 3.05) is 0 Å². The average Bonchev–Trinajstić information content (AvgIpc) is 2.57. The van der Waals surface area contributed by atoms with E-state index in [-0.39, 0.29) is 19.4 Å². The number of aliphatic hydroxyl groups excluding tert-OH is 1. The zero-order valence-corrected chi connectivity index (χ0v) is 8.77. The summed E-state index contributed by atoms with van der Waals surface area (Å²) in [4.78, 5) is 11.7. The van der Waals surface area contributed by atoms with Crippen molar-refractivity contribution in [3.63, 3.8) is 0 Å². The van der Waals surface area contributed by atoms with E-state index < -0.39 is 6.29 Å². The predicted molar refractivity (Wildman–Crippen MR) is 58.3 cm³/mol. The Balaban J connectivity index is 0.00000112. The lowest BCUT2D eigenvalue weighted by Gasteiger charge is -2.24. The first-order chi connectivity index (χ1) is 6.59. The predicted octanol–water partition coefficient (Wildman–Crippen LogP) is 1.98. The number of carbonyl (C=O) groups excluding carboxylic acids is 1. The standard InChI is InChI=1S/C11H18O3.CH4/c1-6-3-4-8(12)10(6)11-7(2)5-9(13)14-11;/h6-7,9-11,13H,3-5H2,1-2H3;1H4/t6?,7-,9?,10-,11?;/m1./s1. The molecule has 1 aliphatic carbocycles. The summed E-state index contributed by atoms with van der Waals surface area (Å²) in [7, 11) is 0. The van der Waals surface area contributed by atoms with E-state index in [4.69, 9.17) is 4.74 Å². The number of hydrogen-bond donors (Lipinski definition) is 1. The van der Waals surface area contributed by atoms with Gasteiger partial charge in [-0.15, -0.1) is 0 Å². The molecule has 0 spiro atoms. The van der Waals surface area contributed by atoms with E-state index in [1.807, 2.05) is 0 Å². The first-order valence-electron chi connectivity index (χ1n) is 5.46. The minimum Gasteiger partial charge on any atom is -0.368 e. The summed E-state index contributed by atoms with van der Waals surface area (Å²) in [5.41, 5.74) is 0. The van der Waals surface area contributed by atoms with Gasteiger partial charge in [0.15, 0.2) is 6.29 Å². The lowest BCUT2D eigenvalue weighted by atomic mass is 9.85. The number of carbonyl (C=O) groups is 1. The summed E-state index contributed by atoms with van der Waals surface area (Å²) in [5, 5.41) is 9.37. The van der Waals surface area contributed by atoms with Crippen molar-refractivity contribution >= 4 is 5.78 Å². The van der Waals surface area contributed by atoms with Crippen LogP contribution in [-0.2, 0) is 9.53 Å². The summed E-state index contributed by atoms with van der Waals surface area (Å²) >= 11 is 0. The summed E-state index contributed by atoms with van der Waals surface area (Å²) in [5.74, 6) is 1.07. The van der Waals surface area contributed by atoms with E-state index in [2.05, 4.69) is 13.8 Å². The van der Waals surface area contributed by atoms with Crippen molar-refractivity contribution in [1.82, 2.24) is 0 Å². The van der Waals surface area contributed by atoms with Gasteiger partial charge in [0.05, 0.1) is 6.10 Å². The highest BCUT2D eigenvalue weighted by molar-refractivity contribution is 5.84. The third-order valence-corrected chi connectivity index (χ3v) is 3.63. The average molecular weight is 214 g/mol. The van der Waals surface area contributed by atoms with Crippen LogP contribution in [0.25, 0.3) is 0 Å². The third-order valence-electron chi connectivity index (χ3n) is 3.63. The molecule has 0 aromatic carbocycles. The van der Waals surface area contributed by atoms with Crippen LogP contribution in [0, 0.1) is 17.8 Å². The zero-order valence-electron chi connectivity index (χ0n) is 8.77. The Labute approximate surface area is 91.8 Å². The Morgan fingerprint density at radius 2 is 2.00 bits per heavy atom. The summed E-state index contributed by atoms with van der Waals surface area (Å²) in [6.07, 6.45) is 1.63. The van der Waals surface area contributed by atoms with Crippen LogP contribution in [0.1, 0.15) is 40.5 Å². The second-order valence-electron chi connectivity index (χ2n) is 4.78. The molecule has 0 radical (unpaired) electrons. The van der Waals surface area contributed by atoms with E-state index in [9.17, 15) is 9.90 Å². The van der Waals surface area contributed by atoms with Gasteiger partial charge < -0.3 is 9.84 Å². The second-order valence-corrected chi connectivity index (χ2v) is 4.78. The normalized spacial score (nSPS) is 45.5. The Bertz CT molecular complexity index is 239. The molecule has 0 amide bonds. The number of rotatable bonds is 1. The molecule has 3 heteroatoms. The van der Waals surface area contributed by atoms with Gasteiger partial charge in [0.25, 0.3) is 0 Å². The van der Waals surface area contributed by atoms with Gasteiger partial charge in [0, 0.05) is 18.8 Å². The molecule has 15 heavy (non-hydrogen) atoms. The lowest BCUT2D eigenvalue weighted by molar-refractivity contribution is -0.136. The van der Waals surface area contributed by atoms with Gasteiger partial charge >= 0.3 is 0 Å². The fraction of sp³-hybridized carbons (Fsp3) is 0.917. The van der Waals surface area contributed by atoms with Gasteiger partial charge in [-0.25, -0.2) is 0 Å². The van der Waals surface area contributed by atoms with Crippen LogP contribution >= 0.6 is 0 Å². The second kappa shape index (κ2) is 4.62. The van der Waals surface area contributed by atoms with Crippen molar-refractivity contribution in [2.24, 2.45) is 17.8 Å². The fourth-order valence-corrected chi connectivity index (χ4v) is 2.80. The maximum atomic E-state index is 11.7. The fourth-order valence-electron chi connectivity index (χ4n) is 2.80. The highest BCUT2D eigenvalue weighted by Gasteiger charge is 2.44. The molecule has 5 atom stereocenters. The van der Waals surface area contributed by atoms with Crippen molar-refractivity contribution < 1.29 is 14.6 Å². The van der Waals surface area contributed by atoms with E-state index in [0.717, 1.165) is 6.42 Å². The molecule has 2 aliphatic rings. The summed E-state index contributed by atoms with van der Waals surface area (Å²) in [6, 6.07) is 0. The minimum atomic E-state index is -0.657. The maximum absolute atomic E-state index is 11.7. The van der Waals surface area contributed by atoms with E-state index in [0.29, 0.717) is 30.5 Å².